The van der Waals surface area contributed by atoms with Gasteiger partial charge in [-0.3, -0.25) is 9.59 Å². The Morgan fingerprint density at radius 2 is 1.79 bits per heavy atom. The molecule has 0 radical (unpaired) electrons. The summed E-state index contributed by atoms with van der Waals surface area (Å²) in [7, 11) is 0. The lowest BCUT2D eigenvalue weighted by Crippen LogP contribution is -2.38. The fourth-order valence-corrected chi connectivity index (χ4v) is 2.81. The molecule has 5 N–H and O–H groups in total. The summed E-state index contributed by atoms with van der Waals surface area (Å²) < 4.78 is 0. The van der Waals surface area contributed by atoms with Gasteiger partial charge < -0.3 is 16.8 Å². The number of nitrogens with one attached hydrogen (secondary N) is 1. The second-order valence-electron chi connectivity index (χ2n) is 5.71. The number of carbonyl (C=O) groups excluding carboxylic acids is 2. The number of hydrogen-bond donors (Lipinski definition) is 3. The summed E-state index contributed by atoms with van der Waals surface area (Å²) in [6, 6.07) is 0. The van der Waals surface area contributed by atoms with E-state index in [4.69, 9.17) is 11.5 Å². The van der Waals surface area contributed by atoms with Crippen molar-refractivity contribution in [3.8, 4) is 0 Å². The summed E-state index contributed by atoms with van der Waals surface area (Å²) in [5.41, 5.74) is 10.9. The van der Waals surface area contributed by atoms with E-state index in [1.165, 1.54) is 19.3 Å². The lowest BCUT2D eigenvalue weighted by Gasteiger charge is -2.35. The number of rotatable bonds is 8. The Hall–Kier alpha value is -1.10. The van der Waals surface area contributed by atoms with Crippen LogP contribution in [0.4, 0.5) is 0 Å². The van der Waals surface area contributed by atoms with Gasteiger partial charge in [0.15, 0.2) is 0 Å². The SMILES string of the molecule is NCC1(CC(=O)NCCCCC(N)=O)CCCCC1. The molecular formula is C14H27N3O2. The first-order valence-electron chi connectivity index (χ1n) is 7.33. The van der Waals surface area contributed by atoms with Crippen LogP contribution < -0.4 is 16.8 Å². The van der Waals surface area contributed by atoms with Gasteiger partial charge in [0.05, 0.1) is 0 Å². The average Bonchev–Trinajstić information content (AvgIpc) is 2.39. The smallest absolute Gasteiger partial charge is 0.220 e. The highest BCUT2D eigenvalue weighted by atomic mass is 16.1. The Labute approximate surface area is 115 Å². The maximum atomic E-state index is 11.9. The van der Waals surface area contributed by atoms with Crippen LogP contribution in [0.15, 0.2) is 0 Å². The molecule has 1 fully saturated rings. The molecule has 0 saturated heterocycles. The zero-order valence-electron chi connectivity index (χ0n) is 11.7. The third-order valence-electron chi connectivity index (χ3n) is 4.05. The van der Waals surface area contributed by atoms with Crippen molar-refractivity contribution < 1.29 is 9.59 Å². The monoisotopic (exact) mass is 269 g/mol. The Morgan fingerprint density at radius 1 is 1.11 bits per heavy atom. The molecular weight excluding hydrogens is 242 g/mol. The number of nitrogens with two attached hydrogens (primary N) is 2. The van der Waals surface area contributed by atoms with Crippen molar-refractivity contribution in [2.45, 2.75) is 57.8 Å². The highest BCUT2D eigenvalue weighted by Gasteiger charge is 2.32. The van der Waals surface area contributed by atoms with Crippen molar-refractivity contribution in [3.63, 3.8) is 0 Å². The number of hydrogen-bond acceptors (Lipinski definition) is 3. The van der Waals surface area contributed by atoms with E-state index in [2.05, 4.69) is 5.32 Å². The van der Waals surface area contributed by atoms with Crippen LogP contribution in [0, 0.1) is 5.41 Å². The molecule has 0 bridgehead atoms. The normalized spacial score (nSPS) is 17.9. The molecule has 0 unspecified atom stereocenters. The Balaban J connectivity index is 2.20. The molecule has 0 spiro atoms. The van der Waals surface area contributed by atoms with E-state index in [0.29, 0.717) is 25.9 Å². The van der Waals surface area contributed by atoms with Crippen molar-refractivity contribution >= 4 is 11.8 Å². The first-order chi connectivity index (χ1) is 9.08. The van der Waals surface area contributed by atoms with Crippen LogP contribution in [0.25, 0.3) is 0 Å². The fourth-order valence-electron chi connectivity index (χ4n) is 2.81. The highest BCUT2D eigenvalue weighted by Crippen LogP contribution is 2.38. The van der Waals surface area contributed by atoms with Crippen LogP contribution in [-0.2, 0) is 9.59 Å². The van der Waals surface area contributed by atoms with Gasteiger partial charge in [0, 0.05) is 19.4 Å². The molecule has 1 rings (SSSR count). The van der Waals surface area contributed by atoms with Crippen molar-refractivity contribution in [1.29, 1.82) is 0 Å². The standard InChI is InChI=1S/C14H27N3O2/c15-11-14(7-3-1-4-8-14)10-13(19)17-9-5-2-6-12(16)18/h1-11,15H2,(H2,16,18)(H,17,19). The van der Waals surface area contributed by atoms with Gasteiger partial charge in [0.1, 0.15) is 0 Å². The molecule has 1 aliphatic carbocycles. The summed E-state index contributed by atoms with van der Waals surface area (Å²) in [5, 5.41) is 2.92. The predicted octanol–water partition coefficient (Wildman–Crippen LogP) is 1.06. The van der Waals surface area contributed by atoms with Crippen LogP contribution >= 0.6 is 0 Å². The second-order valence-corrected chi connectivity index (χ2v) is 5.71. The van der Waals surface area contributed by atoms with E-state index < -0.39 is 0 Å². The van der Waals surface area contributed by atoms with Crippen molar-refractivity contribution in [2.24, 2.45) is 16.9 Å². The van der Waals surface area contributed by atoms with Crippen molar-refractivity contribution in [1.82, 2.24) is 5.32 Å². The van der Waals surface area contributed by atoms with Crippen LogP contribution in [0.3, 0.4) is 0 Å². The topological polar surface area (TPSA) is 98.2 Å². The molecule has 0 aromatic heterocycles. The van der Waals surface area contributed by atoms with Gasteiger partial charge in [-0.15, -0.1) is 0 Å². The predicted molar refractivity (Wildman–Crippen MR) is 75.2 cm³/mol. The van der Waals surface area contributed by atoms with Gasteiger partial charge in [-0.1, -0.05) is 19.3 Å². The van der Waals surface area contributed by atoms with E-state index >= 15 is 0 Å². The lowest BCUT2D eigenvalue weighted by molar-refractivity contribution is -0.123. The summed E-state index contributed by atoms with van der Waals surface area (Å²) in [6.07, 6.45) is 8.23. The summed E-state index contributed by atoms with van der Waals surface area (Å²) in [6.45, 7) is 1.22. The van der Waals surface area contributed by atoms with Gasteiger partial charge in [-0.05, 0) is 37.6 Å². The lowest BCUT2D eigenvalue weighted by atomic mass is 9.71. The van der Waals surface area contributed by atoms with E-state index in [1.54, 1.807) is 0 Å². The molecule has 5 nitrogen and oxygen atoms in total. The minimum Gasteiger partial charge on any atom is -0.370 e. The average molecular weight is 269 g/mol. The van der Waals surface area contributed by atoms with E-state index in [9.17, 15) is 9.59 Å². The van der Waals surface area contributed by atoms with Crippen LogP contribution in [0.1, 0.15) is 57.8 Å². The van der Waals surface area contributed by atoms with Gasteiger partial charge in [0.25, 0.3) is 0 Å². The molecule has 0 aromatic carbocycles. The van der Waals surface area contributed by atoms with E-state index in [-0.39, 0.29) is 17.2 Å². The van der Waals surface area contributed by atoms with Crippen LogP contribution in [0.5, 0.6) is 0 Å². The third kappa shape index (κ3) is 6.05. The molecule has 2 amide bonds. The quantitative estimate of drug-likeness (QED) is 0.574. The van der Waals surface area contributed by atoms with E-state index in [0.717, 1.165) is 25.7 Å². The Bertz CT molecular complexity index is 299. The summed E-state index contributed by atoms with van der Waals surface area (Å²) in [5.74, 6) is -0.193. The molecule has 110 valence electrons. The van der Waals surface area contributed by atoms with Crippen LogP contribution in [-0.4, -0.2) is 24.9 Å². The summed E-state index contributed by atoms with van der Waals surface area (Å²) in [4.78, 5) is 22.5. The van der Waals surface area contributed by atoms with Crippen LogP contribution in [0.2, 0.25) is 0 Å². The minimum atomic E-state index is -0.282. The molecule has 0 atom stereocenters. The van der Waals surface area contributed by atoms with Gasteiger partial charge in [0.2, 0.25) is 11.8 Å². The molecule has 19 heavy (non-hydrogen) atoms. The van der Waals surface area contributed by atoms with Crippen molar-refractivity contribution in [3.05, 3.63) is 0 Å². The number of carbonyl (C=O) groups is 2. The number of primary amides is 1. The first-order valence-corrected chi connectivity index (χ1v) is 7.33. The third-order valence-corrected chi connectivity index (χ3v) is 4.05. The maximum Gasteiger partial charge on any atom is 0.220 e. The summed E-state index contributed by atoms with van der Waals surface area (Å²) >= 11 is 0. The number of unbranched alkanes of at least 4 members (excludes halogenated alkanes) is 1. The Kier molecular flexibility index (Phi) is 6.84. The van der Waals surface area contributed by atoms with Gasteiger partial charge >= 0.3 is 0 Å². The molecule has 1 saturated carbocycles. The van der Waals surface area contributed by atoms with Gasteiger partial charge in [-0.25, -0.2) is 0 Å². The molecule has 0 aromatic rings. The second kappa shape index (κ2) is 8.15. The first kappa shape index (κ1) is 16.0. The molecule has 0 aliphatic heterocycles. The molecule has 5 heteroatoms. The molecule has 0 heterocycles. The Morgan fingerprint density at radius 3 is 2.37 bits per heavy atom. The fraction of sp³-hybridized carbons (Fsp3) is 0.857. The minimum absolute atomic E-state index is 0.0234. The van der Waals surface area contributed by atoms with Crippen molar-refractivity contribution in [2.75, 3.05) is 13.1 Å². The zero-order valence-corrected chi connectivity index (χ0v) is 11.7. The molecule has 1 aliphatic rings. The largest absolute Gasteiger partial charge is 0.370 e. The maximum absolute atomic E-state index is 11.9. The number of amides is 2. The highest BCUT2D eigenvalue weighted by molar-refractivity contribution is 5.76. The van der Waals surface area contributed by atoms with Gasteiger partial charge in [-0.2, -0.15) is 0 Å². The van der Waals surface area contributed by atoms with E-state index in [1.807, 2.05) is 0 Å². The zero-order chi connectivity index (χ0) is 14.1.